The van der Waals surface area contributed by atoms with Crippen LogP contribution in [0.3, 0.4) is 0 Å². The first-order valence-corrected chi connectivity index (χ1v) is 9.44. The predicted molar refractivity (Wildman–Crippen MR) is 86.5 cm³/mol. The Morgan fingerprint density at radius 3 is 2.04 bits per heavy atom. The minimum atomic E-state index is -4.05. The molecule has 0 heterocycles. The molecule has 2 aromatic carbocycles. The van der Waals surface area contributed by atoms with E-state index in [0.29, 0.717) is 5.56 Å². The molecule has 0 saturated heterocycles. The van der Waals surface area contributed by atoms with Crippen molar-refractivity contribution in [1.82, 2.24) is 0 Å². The molecule has 0 fully saturated rings. The first-order valence-electron chi connectivity index (χ1n) is 6.41. The maximum Gasteiger partial charge on any atom is 0.269 e. The fraction of sp³-hybridized carbons (Fsp3) is 0.0769. The molecule has 0 aromatic heterocycles. The zero-order valence-corrected chi connectivity index (χ0v) is 14.0. The molecular formula is C13H13N3O6S2. The van der Waals surface area contributed by atoms with Crippen LogP contribution < -0.4 is 9.86 Å². The lowest BCUT2D eigenvalue weighted by Gasteiger charge is -2.11. The van der Waals surface area contributed by atoms with E-state index in [1.807, 2.05) is 0 Å². The van der Waals surface area contributed by atoms with Crippen molar-refractivity contribution in [1.29, 1.82) is 0 Å². The number of hydrogen-bond donors (Lipinski definition) is 2. The van der Waals surface area contributed by atoms with Crippen LogP contribution in [0.5, 0.6) is 0 Å². The number of anilines is 1. The van der Waals surface area contributed by atoms with E-state index in [2.05, 4.69) is 4.72 Å². The van der Waals surface area contributed by atoms with E-state index >= 15 is 0 Å². The van der Waals surface area contributed by atoms with Crippen molar-refractivity contribution in [2.45, 2.75) is 16.7 Å². The van der Waals surface area contributed by atoms with E-state index < -0.39 is 25.0 Å². The number of benzene rings is 2. The van der Waals surface area contributed by atoms with E-state index in [1.165, 1.54) is 12.1 Å². The van der Waals surface area contributed by atoms with Gasteiger partial charge >= 0.3 is 0 Å². The molecule has 128 valence electrons. The van der Waals surface area contributed by atoms with Crippen molar-refractivity contribution < 1.29 is 21.8 Å². The van der Waals surface area contributed by atoms with Gasteiger partial charge in [-0.15, -0.1) is 0 Å². The topological polar surface area (TPSA) is 149 Å². The minimum absolute atomic E-state index is 0.0416. The number of nitrogens with two attached hydrogens (primary N) is 1. The average Bonchev–Trinajstić information content (AvgIpc) is 2.48. The first-order chi connectivity index (χ1) is 11.0. The second-order valence-corrected chi connectivity index (χ2v) is 8.12. The molecule has 0 aliphatic rings. The van der Waals surface area contributed by atoms with Gasteiger partial charge in [-0.25, -0.2) is 22.0 Å². The molecule has 2 aromatic rings. The molecule has 0 amide bonds. The van der Waals surface area contributed by atoms with Crippen LogP contribution in [0, 0.1) is 17.0 Å². The summed E-state index contributed by atoms with van der Waals surface area (Å²) in [5.74, 6) is 0. The molecule has 0 saturated carbocycles. The number of rotatable bonds is 5. The number of non-ortho nitro benzene ring substituents is 1. The smallest absolute Gasteiger partial charge is 0.269 e. The second kappa shape index (κ2) is 6.19. The second-order valence-electron chi connectivity index (χ2n) is 4.88. The van der Waals surface area contributed by atoms with Crippen LogP contribution in [0.2, 0.25) is 0 Å². The Kier molecular flexibility index (Phi) is 4.60. The number of hydrogen-bond acceptors (Lipinski definition) is 6. The minimum Gasteiger partial charge on any atom is -0.279 e. The summed E-state index contributed by atoms with van der Waals surface area (Å²) >= 11 is 0. The Morgan fingerprint density at radius 1 is 1.00 bits per heavy atom. The summed E-state index contributed by atoms with van der Waals surface area (Å²) in [6.07, 6.45) is 0. The standard InChI is InChI=1S/C13H13N3O6S2/c1-9-2-5-12(23(14,19)20)8-13(9)15-24(21,22)11-6-3-10(4-7-11)16(17)18/h2-8,15H,1H3,(H2,14,19,20). The van der Waals surface area contributed by atoms with Gasteiger partial charge in [0.1, 0.15) is 0 Å². The monoisotopic (exact) mass is 371 g/mol. The van der Waals surface area contributed by atoms with Crippen molar-refractivity contribution in [2.75, 3.05) is 4.72 Å². The lowest BCUT2D eigenvalue weighted by Crippen LogP contribution is -2.16. The molecule has 24 heavy (non-hydrogen) atoms. The maximum atomic E-state index is 12.3. The SMILES string of the molecule is Cc1ccc(S(N)(=O)=O)cc1NS(=O)(=O)c1ccc([N+](=O)[O-])cc1. The summed E-state index contributed by atoms with van der Waals surface area (Å²) in [5, 5.41) is 15.6. The molecule has 0 aliphatic carbocycles. The third kappa shape index (κ3) is 3.88. The summed E-state index contributed by atoms with van der Waals surface area (Å²) in [6.45, 7) is 1.58. The molecule has 0 bridgehead atoms. The zero-order chi connectivity index (χ0) is 18.1. The predicted octanol–water partition coefficient (Wildman–Crippen LogP) is 1.35. The molecule has 2 rings (SSSR count). The Morgan fingerprint density at radius 2 is 1.54 bits per heavy atom. The van der Waals surface area contributed by atoms with E-state index in [0.717, 1.165) is 30.3 Å². The number of nitrogens with zero attached hydrogens (tertiary/aromatic N) is 1. The van der Waals surface area contributed by atoms with Gasteiger partial charge in [-0.2, -0.15) is 0 Å². The van der Waals surface area contributed by atoms with Crippen molar-refractivity contribution >= 4 is 31.4 Å². The number of nitrogens with one attached hydrogen (secondary N) is 1. The molecule has 0 aliphatic heterocycles. The van der Waals surface area contributed by atoms with Crippen molar-refractivity contribution in [2.24, 2.45) is 5.14 Å². The van der Waals surface area contributed by atoms with E-state index in [1.54, 1.807) is 6.92 Å². The summed E-state index contributed by atoms with van der Waals surface area (Å²) in [6, 6.07) is 8.05. The van der Waals surface area contributed by atoms with Crippen LogP contribution in [0.4, 0.5) is 11.4 Å². The van der Waals surface area contributed by atoms with Crippen molar-refractivity contribution in [3.05, 3.63) is 58.1 Å². The summed E-state index contributed by atoms with van der Waals surface area (Å²) < 4.78 is 49.7. The largest absolute Gasteiger partial charge is 0.279 e. The highest BCUT2D eigenvalue weighted by Crippen LogP contribution is 2.24. The van der Waals surface area contributed by atoms with Gasteiger partial charge in [0.25, 0.3) is 15.7 Å². The first kappa shape index (κ1) is 17.8. The van der Waals surface area contributed by atoms with Gasteiger partial charge in [0, 0.05) is 12.1 Å². The van der Waals surface area contributed by atoms with Crippen LogP contribution in [0.15, 0.2) is 52.3 Å². The molecule has 0 radical (unpaired) electrons. The number of nitro groups is 1. The Balaban J connectivity index is 2.40. The van der Waals surface area contributed by atoms with Crippen LogP contribution in [-0.2, 0) is 20.0 Å². The fourth-order valence-corrected chi connectivity index (χ4v) is 3.50. The van der Waals surface area contributed by atoms with E-state index in [9.17, 15) is 26.9 Å². The Labute approximate surface area is 138 Å². The van der Waals surface area contributed by atoms with Gasteiger partial charge in [-0.1, -0.05) is 6.07 Å². The van der Waals surface area contributed by atoms with Crippen LogP contribution >= 0.6 is 0 Å². The Bertz CT molecular complexity index is 999. The highest BCUT2D eigenvalue weighted by Gasteiger charge is 2.18. The summed E-state index contributed by atoms with van der Waals surface area (Å²) in [5.41, 5.74) is 0.272. The molecule has 11 heteroatoms. The number of primary sulfonamides is 1. The molecule has 0 spiro atoms. The molecule has 0 unspecified atom stereocenters. The molecule has 0 atom stereocenters. The lowest BCUT2D eigenvalue weighted by molar-refractivity contribution is -0.384. The van der Waals surface area contributed by atoms with Crippen LogP contribution in [0.25, 0.3) is 0 Å². The average molecular weight is 371 g/mol. The van der Waals surface area contributed by atoms with E-state index in [4.69, 9.17) is 5.14 Å². The molecule has 3 N–H and O–H groups in total. The van der Waals surface area contributed by atoms with Gasteiger partial charge in [-0.3, -0.25) is 14.8 Å². The lowest BCUT2D eigenvalue weighted by atomic mass is 10.2. The zero-order valence-electron chi connectivity index (χ0n) is 12.3. The fourth-order valence-electron chi connectivity index (χ4n) is 1.84. The van der Waals surface area contributed by atoms with Crippen LogP contribution in [0.1, 0.15) is 5.56 Å². The normalized spacial score (nSPS) is 11.9. The quantitative estimate of drug-likeness (QED) is 0.598. The summed E-state index contributed by atoms with van der Waals surface area (Å²) in [7, 11) is -8.04. The van der Waals surface area contributed by atoms with Gasteiger partial charge in [0.2, 0.25) is 10.0 Å². The third-order valence-corrected chi connectivity index (χ3v) is 5.43. The van der Waals surface area contributed by atoms with Gasteiger partial charge < -0.3 is 0 Å². The van der Waals surface area contributed by atoms with E-state index in [-0.39, 0.29) is 21.2 Å². The highest BCUT2D eigenvalue weighted by atomic mass is 32.2. The highest BCUT2D eigenvalue weighted by molar-refractivity contribution is 7.92. The van der Waals surface area contributed by atoms with Gasteiger partial charge in [-0.05, 0) is 36.8 Å². The van der Waals surface area contributed by atoms with Crippen molar-refractivity contribution in [3.8, 4) is 0 Å². The molecule has 9 nitrogen and oxygen atoms in total. The Hall–Kier alpha value is -2.50. The number of aryl methyl sites for hydroxylation is 1. The van der Waals surface area contributed by atoms with Crippen LogP contribution in [-0.4, -0.2) is 21.8 Å². The third-order valence-electron chi connectivity index (χ3n) is 3.14. The van der Waals surface area contributed by atoms with Crippen molar-refractivity contribution in [3.63, 3.8) is 0 Å². The summed E-state index contributed by atoms with van der Waals surface area (Å²) in [4.78, 5) is 9.51. The number of nitro benzene ring substituents is 1. The van der Waals surface area contributed by atoms with Gasteiger partial charge in [0.05, 0.1) is 20.4 Å². The maximum absolute atomic E-state index is 12.3. The number of sulfonamides is 2. The van der Waals surface area contributed by atoms with Gasteiger partial charge in [0.15, 0.2) is 0 Å². The molecular weight excluding hydrogens is 358 g/mol.